The second-order valence-corrected chi connectivity index (χ2v) is 9.03. The van der Waals surface area contributed by atoms with Crippen molar-refractivity contribution in [3.05, 3.63) is 84.1 Å². The van der Waals surface area contributed by atoms with Crippen molar-refractivity contribution in [2.75, 3.05) is 5.75 Å². The summed E-state index contributed by atoms with van der Waals surface area (Å²) in [5.41, 5.74) is 5.17. The predicted octanol–water partition coefficient (Wildman–Crippen LogP) is 6.90. The number of carbonyl (C=O) groups excluding carboxylic acids is 1. The minimum Gasteiger partial charge on any atom is -0.461 e. The first kappa shape index (κ1) is 20.5. The predicted molar refractivity (Wildman–Crippen MR) is 134 cm³/mol. The molecule has 158 valence electrons. The Morgan fingerprint density at radius 3 is 2.44 bits per heavy atom. The number of carbonyl (C=O) groups is 1. The van der Waals surface area contributed by atoms with Gasteiger partial charge in [0.2, 0.25) is 0 Å². The minimum atomic E-state index is 0.139. The van der Waals surface area contributed by atoms with E-state index in [1.54, 1.807) is 6.92 Å². The minimum absolute atomic E-state index is 0.139. The fourth-order valence-electron chi connectivity index (χ4n) is 3.82. The number of fused-ring (bicyclic) bond motifs is 1. The van der Waals surface area contributed by atoms with Crippen LogP contribution >= 0.6 is 11.8 Å². The van der Waals surface area contributed by atoms with Gasteiger partial charge in [0.1, 0.15) is 22.3 Å². The SMILES string of the molecule is CC(=O)CSC1=NN=C(c2cc(-c3ccc4ccccc4c3)cc(-c3ccc(C)o3)c2)C1. The molecular formula is C27H22N2O2S. The molecule has 3 aromatic carbocycles. The number of Topliss-reactive ketones (excluding diaryl/α,β-unsaturated/α-hetero) is 1. The summed E-state index contributed by atoms with van der Waals surface area (Å²) >= 11 is 1.46. The number of thioether (sulfide) groups is 1. The third-order valence-electron chi connectivity index (χ3n) is 5.42. The Labute approximate surface area is 191 Å². The maximum absolute atomic E-state index is 11.3. The van der Waals surface area contributed by atoms with E-state index in [9.17, 15) is 4.79 Å². The quantitative estimate of drug-likeness (QED) is 0.340. The summed E-state index contributed by atoms with van der Waals surface area (Å²) in [7, 11) is 0. The molecule has 0 radical (unpaired) electrons. The van der Waals surface area contributed by atoms with Gasteiger partial charge < -0.3 is 4.42 Å². The third-order valence-corrected chi connectivity index (χ3v) is 6.53. The van der Waals surface area contributed by atoms with Crippen LogP contribution in [0.15, 0.2) is 87.4 Å². The number of benzene rings is 3. The van der Waals surface area contributed by atoms with E-state index in [2.05, 4.69) is 70.9 Å². The number of hydrogen-bond donors (Lipinski definition) is 0. The molecule has 5 rings (SSSR count). The van der Waals surface area contributed by atoms with Crippen molar-refractivity contribution in [3.63, 3.8) is 0 Å². The topological polar surface area (TPSA) is 54.9 Å². The molecule has 0 saturated carbocycles. The van der Waals surface area contributed by atoms with Gasteiger partial charge in [-0.3, -0.25) is 4.79 Å². The van der Waals surface area contributed by atoms with Gasteiger partial charge in [0, 0.05) is 12.0 Å². The van der Waals surface area contributed by atoms with Gasteiger partial charge in [-0.15, -0.1) is 16.9 Å². The van der Waals surface area contributed by atoms with Gasteiger partial charge in [-0.2, -0.15) is 5.10 Å². The molecule has 32 heavy (non-hydrogen) atoms. The van der Waals surface area contributed by atoms with E-state index in [0.29, 0.717) is 12.2 Å². The van der Waals surface area contributed by atoms with Crippen LogP contribution in [0.5, 0.6) is 0 Å². The van der Waals surface area contributed by atoms with Gasteiger partial charge >= 0.3 is 0 Å². The first-order valence-corrected chi connectivity index (χ1v) is 11.5. The molecule has 0 N–H and O–H groups in total. The zero-order chi connectivity index (χ0) is 22.1. The molecule has 2 heterocycles. The van der Waals surface area contributed by atoms with Crippen LogP contribution < -0.4 is 0 Å². The van der Waals surface area contributed by atoms with E-state index in [-0.39, 0.29) is 5.78 Å². The lowest BCUT2D eigenvalue weighted by Crippen LogP contribution is -2.04. The van der Waals surface area contributed by atoms with E-state index in [1.165, 1.54) is 22.5 Å². The lowest BCUT2D eigenvalue weighted by Gasteiger charge is -2.10. The summed E-state index contributed by atoms with van der Waals surface area (Å²) in [6.45, 7) is 3.54. The lowest BCUT2D eigenvalue weighted by atomic mass is 9.95. The fourth-order valence-corrected chi connectivity index (χ4v) is 4.52. The van der Waals surface area contributed by atoms with Gasteiger partial charge in [-0.1, -0.05) is 36.4 Å². The number of aryl methyl sites for hydroxylation is 1. The van der Waals surface area contributed by atoms with Crippen LogP contribution in [0, 0.1) is 6.92 Å². The highest BCUT2D eigenvalue weighted by Crippen LogP contribution is 2.32. The molecular weight excluding hydrogens is 416 g/mol. The maximum Gasteiger partial charge on any atom is 0.140 e. The van der Waals surface area contributed by atoms with E-state index in [4.69, 9.17) is 4.42 Å². The Balaban J connectivity index is 1.54. The monoisotopic (exact) mass is 438 g/mol. The van der Waals surface area contributed by atoms with Crippen LogP contribution in [0.25, 0.3) is 33.2 Å². The Hall–Kier alpha value is -3.44. The van der Waals surface area contributed by atoms with E-state index in [1.807, 2.05) is 19.1 Å². The average Bonchev–Trinajstić information content (AvgIpc) is 3.46. The van der Waals surface area contributed by atoms with Crippen LogP contribution in [0.4, 0.5) is 0 Å². The molecule has 0 aliphatic carbocycles. The van der Waals surface area contributed by atoms with Crippen LogP contribution in [-0.2, 0) is 4.79 Å². The zero-order valence-electron chi connectivity index (χ0n) is 18.0. The second-order valence-electron chi connectivity index (χ2n) is 7.98. The molecule has 0 bridgehead atoms. The molecule has 0 saturated heterocycles. The van der Waals surface area contributed by atoms with Gasteiger partial charge in [-0.25, -0.2) is 0 Å². The summed E-state index contributed by atoms with van der Waals surface area (Å²) in [6, 6.07) is 25.3. The molecule has 1 aliphatic rings. The third kappa shape index (κ3) is 4.30. The Kier molecular flexibility index (Phi) is 5.50. The van der Waals surface area contributed by atoms with Crippen LogP contribution in [0.3, 0.4) is 0 Å². The van der Waals surface area contributed by atoms with E-state index >= 15 is 0 Å². The first-order valence-electron chi connectivity index (χ1n) is 10.5. The molecule has 1 aliphatic heterocycles. The lowest BCUT2D eigenvalue weighted by molar-refractivity contribution is -0.114. The second kappa shape index (κ2) is 8.60. The number of hydrogen-bond acceptors (Lipinski definition) is 5. The molecule has 4 nitrogen and oxygen atoms in total. The molecule has 0 unspecified atom stereocenters. The van der Waals surface area contributed by atoms with Gasteiger partial charge in [0.05, 0.1) is 11.5 Å². The normalized spacial score (nSPS) is 13.3. The molecule has 4 aromatic rings. The highest BCUT2D eigenvalue weighted by atomic mass is 32.2. The standard InChI is InChI=1S/C27H22N2O2S/c1-17(30)16-32-27-15-25(28-29-27)23-12-22(13-24(14-23)26-10-7-18(2)31-26)21-9-8-19-5-3-4-6-20(19)11-21/h3-14H,15-16H2,1-2H3. The van der Waals surface area contributed by atoms with Crippen molar-refractivity contribution >= 4 is 39.1 Å². The van der Waals surface area contributed by atoms with Crippen LogP contribution in [0.2, 0.25) is 0 Å². The highest BCUT2D eigenvalue weighted by molar-refractivity contribution is 8.14. The number of ketones is 1. The molecule has 5 heteroatoms. The fraction of sp³-hybridized carbons (Fsp3) is 0.148. The average molecular weight is 439 g/mol. The molecule has 0 fully saturated rings. The Morgan fingerprint density at radius 1 is 0.875 bits per heavy atom. The van der Waals surface area contributed by atoms with Crippen molar-refractivity contribution < 1.29 is 9.21 Å². The van der Waals surface area contributed by atoms with Crippen molar-refractivity contribution in [1.29, 1.82) is 0 Å². The highest BCUT2D eigenvalue weighted by Gasteiger charge is 2.18. The summed E-state index contributed by atoms with van der Waals surface area (Å²) in [6.07, 6.45) is 0.635. The largest absolute Gasteiger partial charge is 0.461 e. The summed E-state index contributed by atoms with van der Waals surface area (Å²) in [5.74, 6) is 2.27. The van der Waals surface area contributed by atoms with E-state index in [0.717, 1.165) is 44.5 Å². The van der Waals surface area contributed by atoms with Gasteiger partial charge in [-0.05, 0) is 77.7 Å². The Bertz CT molecular complexity index is 1400. The summed E-state index contributed by atoms with van der Waals surface area (Å²) in [4.78, 5) is 11.3. The van der Waals surface area contributed by atoms with Crippen LogP contribution in [-0.4, -0.2) is 22.3 Å². The zero-order valence-corrected chi connectivity index (χ0v) is 18.8. The molecule has 1 aromatic heterocycles. The first-order chi connectivity index (χ1) is 15.5. The number of rotatable bonds is 5. The van der Waals surface area contributed by atoms with Crippen molar-refractivity contribution in [2.24, 2.45) is 10.2 Å². The van der Waals surface area contributed by atoms with Crippen molar-refractivity contribution in [2.45, 2.75) is 20.3 Å². The van der Waals surface area contributed by atoms with Crippen LogP contribution in [0.1, 0.15) is 24.7 Å². The number of nitrogens with zero attached hydrogens (tertiary/aromatic N) is 2. The van der Waals surface area contributed by atoms with Gasteiger partial charge in [0.15, 0.2) is 0 Å². The van der Waals surface area contributed by atoms with Crippen molar-refractivity contribution in [3.8, 4) is 22.5 Å². The molecule has 0 spiro atoms. The maximum atomic E-state index is 11.3. The summed E-state index contributed by atoms with van der Waals surface area (Å²) < 4.78 is 5.92. The smallest absolute Gasteiger partial charge is 0.140 e. The van der Waals surface area contributed by atoms with Crippen molar-refractivity contribution in [1.82, 2.24) is 0 Å². The molecule has 0 atom stereocenters. The Morgan fingerprint density at radius 2 is 1.66 bits per heavy atom. The molecule has 0 amide bonds. The van der Waals surface area contributed by atoms with Gasteiger partial charge in [0.25, 0.3) is 0 Å². The van der Waals surface area contributed by atoms with E-state index < -0.39 is 0 Å². The number of furan rings is 1. The summed E-state index contributed by atoms with van der Waals surface area (Å²) in [5, 5.41) is 12.0.